The standard InChI is InChI=1S/C24H39N7/c1-28-13-4-7-22(28)19-25-10-16-31(17-11-26-20-23-8-5-14-29(23)2)18-12-27-21-24-9-6-15-30(24)3/h4-9,13-15,25-27H,10-12,16-21H2,1-3H3. The average Bonchev–Trinajstić information content (AvgIpc) is 3.47. The van der Waals surface area contributed by atoms with E-state index in [1.165, 1.54) is 17.1 Å². The molecular formula is C24H39N7. The third kappa shape index (κ3) is 7.70. The van der Waals surface area contributed by atoms with E-state index < -0.39 is 0 Å². The van der Waals surface area contributed by atoms with Gasteiger partial charge in [-0.2, -0.15) is 0 Å². The van der Waals surface area contributed by atoms with Crippen LogP contribution in [-0.2, 0) is 40.8 Å². The lowest BCUT2D eigenvalue weighted by Gasteiger charge is -2.23. The summed E-state index contributed by atoms with van der Waals surface area (Å²) >= 11 is 0. The van der Waals surface area contributed by atoms with Crippen molar-refractivity contribution in [1.29, 1.82) is 0 Å². The van der Waals surface area contributed by atoms with Crippen LogP contribution in [0.2, 0.25) is 0 Å². The minimum absolute atomic E-state index is 0.912. The molecule has 0 aliphatic heterocycles. The van der Waals surface area contributed by atoms with Gasteiger partial charge in [0.15, 0.2) is 0 Å². The summed E-state index contributed by atoms with van der Waals surface area (Å²) in [7, 11) is 6.29. The first kappa shape index (κ1) is 23.3. The molecule has 0 saturated carbocycles. The second kappa shape index (κ2) is 12.5. The molecule has 0 aliphatic carbocycles. The third-order valence-electron chi connectivity index (χ3n) is 5.89. The van der Waals surface area contributed by atoms with E-state index in [2.05, 4.69) is 111 Å². The van der Waals surface area contributed by atoms with Crippen molar-refractivity contribution < 1.29 is 0 Å². The molecular weight excluding hydrogens is 386 g/mol. The van der Waals surface area contributed by atoms with E-state index in [9.17, 15) is 0 Å². The van der Waals surface area contributed by atoms with Crippen LogP contribution in [-0.4, -0.2) is 57.9 Å². The fraction of sp³-hybridized carbons (Fsp3) is 0.500. The van der Waals surface area contributed by atoms with Gasteiger partial charge in [0.25, 0.3) is 0 Å². The fourth-order valence-corrected chi connectivity index (χ4v) is 3.74. The van der Waals surface area contributed by atoms with Crippen LogP contribution in [0.1, 0.15) is 17.1 Å². The molecule has 0 aromatic carbocycles. The molecule has 0 bridgehead atoms. The van der Waals surface area contributed by atoms with Crippen molar-refractivity contribution >= 4 is 0 Å². The van der Waals surface area contributed by atoms with E-state index in [-0.39, 0.29) is 0 Å². The Morgan fingerprint density at radius 3 is 1.16 bits per heavy atom. The summed E-state index contributed by atoms with van der Waals surface area (Å²) in [6, 6.07) is 12.8. The van der Waals surface area contributed by atoms with Crippen molar-refractivity contribution in [3.63, 3.8) is 0 Å². The van der Waals surface area contributed by atoms with Gasteiger partial charge in [-0.3, -0.25) is 4.90 Å². The largest absolute Gasteiger partial charge is 0.353 e. The number of hydrogen-bond donors (Lipinski definition) is 3. The molecule has 31 heavy (non-hydrogen) atoms. The highest BCUT2D eigenvalue weighted by atomic mass is 15.2. The Bertz CT molecular complexity index is 761. The van der Waals surface area contributed by atoms with Gasteiger partial charge < -0.3 is 29.7 Å². The van der Waals surface area contributed by atoms with Gasteiger partial charge in [0.2, 0.25) is 0 Å². The van der Waals surface area contributed by atoms with Gasteiger partial charge in [-0.05, 0) is 36.4 Å². The van der Waals surface area contributed by atoms with Crippen molar-refractivity contribution in [2.75, 3.05) is 39.3 Å². The number of hydrogen-bond acceptors (Lipinski definition) is 4. The molecule has 3 aromatic rings. The zero-order chi connectivity index (χ0) is 21.9. The smallest absolute Gasteiger partial charge is 0.0359 e. The summed E-state index contributed by atoms with van der Waals surface area (Å²) in [5, 5.41) is 10.8. The molecule has 0 amide bonds. The first-order valence-electron chi connectivity index (χ1n) is 11.3. The van der Waals surface area contributed by atoms with Crippen LogP contribution in [0.15, 0.2) is 55.0 Å². The van der Waals surface area contributed by atoms with E-state index in [0.29, 0.717) is 0 Å². The second-order valence-corrected chi connectivity index (χ2v) is 8.20. The van der Waals surface area contributed by atoms with Crippen LogP contribution in [0.5, 0.6) is 0 Å². The molecule has 3 aromatic heterocycles. The summed E-state index contributed by atoms with van der Waals surface area (Å²) in [4.78, 5) is 2.54. The number of nitrogens with zero attached hydrogens (tertiary/aromatic N) is 4. The fourth-order valence-electron chi connectivity index (χ4n) is 3.74. The van der Waals surface area contributed by atoms with Crippen molar-refractivity contribution in [2.24, 2.45) is 21.1 Å². The van der Waals surface area contributed by atoms with Crippen LogP contribution in [0.4, 0.5) is 0 Å². The minimum Gasteiger partial charge on any atom is -0.353 e. The van der Waals surface area contributed by atoms with Crippen LogP contribution < -0.4 is 16.0 Å². The Morgan fingerprint density at radius 1 is 0.581 bits per heavy atom. The maximum Gasteiger partial charge on any atom is 0.0359 e. The number of rotatable bonds is 15. The molecule has 0 atom stereocenters. The summed E-state index contributed by atoms with van der Waals surface area (Å²) in [6.45, 7) is 8.83. The SMILES string of the molecule is Cn1cccc1CNCCN(CCNCc1cccn1C)CCNCc1cccn1C. The highest BCUT2D eigenvalue weighted by Crippen LogP contribution is 2.00. The summed E-state index contributed by atoms with van der Waals surface area (Å²) in [5.41, 5.74) is 3.96. The molecule has 3 rings (SSSR count). The molecule has 0 unspecified atom stereocenters. The average molecular weight is 426 g/mol. The third-order valence-corrected chi connectivity index (χ3v) is 5.89. The van der Waals surface area contributed by atoms with Gasteiger partial charge in [0, 0.05) is 116 Å². The monoisotopic (exact) mass is 425 g/mol. The molecule has 0 fully saturated rings. The topological polar surface area (TPSA) is 54.1 Å². The molecule has 7 nitrogen and oxygen atoms in total. The Labute approximate surface area is 187 Å². The van der Waals surface area contributed by atoms with Crippen LogP contribution >= 0.6 is 0 Å². The summed E-state index contributed by atoms with van der Waals surface area (Å²) in [5.74, 6) is 0. The molecule has 3 heterocycles. The van der Waals surface area contributed by atoms with Gasteiger partial charge in [0.05, 0.1) is 0 Å². The zero-order valence-corrected chi connectivity index (χ0v) is 19.3. The van der Waals surface area contributed by atoms with Gasteiger partial charge in [-0.25, -0.2) is 0 Å². The first-order valence-corrected chi connectivity index (χ1v) is 11.3. The molecule has 0 spiro atoms. The molecule has 7 heteroatoms. The summed E-state index contributed by atoms with van der Waals surface area (Å²) in [6.07, 6.45) is 6.29. The highest BCUT2D eigenvalue weighted by molar-refractivity contribution is 5.07. The lowest BCUT2D eigenvalue weighted by molar-refractivity contribution is 0.270. The second-order valence-electron chi connectivity index (χ2n) is 8.20. The summed E-state index contributed by atoms with van der Waals surface area (Å²) < 4.78 is 6.52. The first-order chi connectivity index (χ1) is 15.1. The maximum absolute atomic E-state index is 3.59. The van der Waals surface area contributed by atoms with Crippen molar-refractivity contribution in [2.45, 2.75) is 19.6 Å². The van der Waals surface area contributed by atoms with Crippen LogP contribution in [0.3, 0.4) is 0 Å². The lowest BCUT2D eigenvalue weighted by atomic mass is 10.3. The number of aromatic nitrogens is 3. The quantitative estimate of drug-likeness (QED) is 0.324. The van der Waals surface area contributed by atoms with Crippen molar-refractivity contribution in [3.8, 4) is 0 Å². The van der Waals surface area contributed by atoms with E-state index in [1.54, 1.807) is 0 Å². The normalized spacial score (nSPS) is 11.6. The molecule has 0 saturated heterocycles. The highest BCUT2D eigenvalue weighted by Gasteiger charge is 2.06. The zero-order valence-electron chi connectivity index (χ0n) is 19.3. The predicted octanol–water partition coefficient (Wildman–Crippen LogP) is 1.67. The molecule has 170 valence electrons. The number of nitrogens with one attached hydrogen (secondary N) is 3. The van der Waals surface area contributed by atoms with E-state index in [1.807, 2.05) is 0 Å². The van der Waals surface area contributed by atoms with Crippen molar-refractivity contribution in [1.82, 2.24) is 34.6 Å². The maximum atomic E-state index is 3.59. The molecule has 0 aliphatic rings. The van der Waals surface area contributed by atoms with Crippen LogP contribution in [0, 0.1) is 0 Å². The number of aryl methyl sites for hydroxylation is 3. The van der Waals surface area contributed by atoms with E-state index >= 15 is 0 Å². The van der Waals surface area contributed by atoms with E-state index in [0.717, 1.165) is 58.9 Å². The Kier molecular flexibility index (Phi) is 9.42. The Hall–Kier alpha value is -2.32. The lowest BCUT2D eigenvalue weighted by Crippen LogP contribution is -2.40. The molecule has 3 N–H and O–H groups in total. The minimum atomic E-state index is 0.912. The van der Waals surface area contributed by atoms with Gasteiger partial charge >= 0.3 is 0 Å². The Balaban J connectivity index is 1.37. The van der Waals surface area contributed by atoms with Gasteiger partial charge in [0.1, 0.15) is 0 Å². The van der Waals surface area contributed by atoms with Gasteiger partial charge in [-0.1, -0.05) is 0 Å². The predicted molar refractivity (Wildman–Crippen MR) is 128 cm³/mol. The Morgan fingerprint density at radius 2 is 0.903 bits per heavy atom. The van der Waals surface area contributed by atoms with Gasteiger partial charge in [-0.15, -0.1) is 0 Å². The molecule has 0 radical (unpaired) electrons. The van der Waals surface area contributed by atoms with Crippen LogP contribution in [0.25, 0.3) is 0 Å². The van der Waals surface area contributed by atoms with Crippen molar-refractivity contribution in [3.05, 3.63) is 72.1 Å². The van der Waals surface area contributed by atoms with E-state index in [4.69, 9.17) is 0 Å².